The molecule has 2 aliphatic rings. The molecule has 3 N–H and O–H groups in total. The topological polar surface area (TPSA) is 95.2 Å². The number of hydrogen-bond acceptors (Lipinski definition) is 6. The number of hydrogen-bond donors (Lipinski definition) is 2. The fourth-order valence-electron chi connectivity index (χ4n) is 4.21. The van der Waals surface area contributed by atoms with Gasteiger partial charge in [0.25, 0.3) is 11.9 Å². The highest BCUT2D eigenvalue weighted by molar-refractivity contribution is 6.30. The summed E-state index contributed by atoms with van der Waals surface area (Å²) in [5.41, 5.74) is 5.92. The van der Waals surface area contributed by atoms with Gasteiger partial charge in [-0.3, -0.25) is 4.79 Å². The van der Waals surface area contributed by atoms with Crippen molar-refractivity contribution in [3.8, 4) is 17.2 Å². The number of rotatable bonds is 3. The molecule has 3 aromatic carbocycles. The molecule has 3 aromatic rings. The highest BCUT2D eigenvalue weighted by atomic mass is 35.5. The van der Waals surface area contributed by atoms with Gasteiger partial charge < -0.3 is 25.3 Å². The van der Waals surface area contributed by atoms with E-state index in [-0.39, 0.29) is 34.7 Å². The number of amides is 1. The first-order chi connectivity index (χ1) is 16.3. The van der Waals surface area contributed by atoms with Crippen molar-refractivity contribution in [1.29, 1.82) is 0 Å². The number of methoxy groups -OCH3 is 1. The van der Waals surface area contributed by atoms with Gasteiger partial charge in [0.15, 0.2) is 11.6 Å². The van der Waals surface area contributed by atoms with Crippen molar-refractivity contribution in [3.63, 3.8) is 0 Å². The minimum atomic E-state index is -1.15. The molecule has 10 heteroatoms. The van der Waals surface area contributed by atoms with Crippen LogP contribution < -0.4 is 20.5 Å². The van der Waals surface area contributed by atoms with Gasteiger partial charge in [-0.1, -0.05) is 11.6 Å². The molecule has 1 amide bonds. The maximum Gasteiger partial charge on any atom is 0.283 e. The Hall–Kier alpha value is -3.85. The largest absolute Gasteiger partial charge is 0.497 e. The Morgan fingerprint density at radius 2 is 1.97 bits per heavy atom. The Morgan fingerprint density at radius 3 is 2.71 bits per heavy atom. The van der Waals surface area contributed by atoms with Crippen molar-refractivity contribution >= 4 is 29.2 Å². The number of carbonyl (C=O) groups excluding carboxylic acids is 1. The molecule has 2 heterocycles. The van der Waals surface area contributed by atoms with Crippen LogP contribution in [-0.2, 0) is 10.3 Å². The fraction of sp³-hybridized carbons (Fsp3) is 0.167. The molecule has 0 aromatic heterocycles. The number of ether oxygens (including phenoxy) is 3. The lowest BCUT2D eigenvalue weighted by atomic mass is 9.77. The Bertz CT molecular complexity index is 1360. The molecule has 2 aliphatic heterocycles. The van der Waals surface area contributed by atoms with E-state index in [2.05, 4.69) is 10.3 Å². The molecule has 0 bridgehead atoms. The number of amidine groups is 1. The molecule has 0 saturated carbocycles. The SMILES string of the molecule is COc1cc(F)c2c(c1)[C@]1(CCOC(N)=N1)c1cc(NC(=O)c3ccc(Cl)cc3F)ccc1O2. The molecule has 0 aliphatic carbocycles. The number of aliphatic imine (C=N–C) groups is 1. The standard InChI is InChI=1S/C24H18ClF2N3O4/c1-32-14-10-17-21(19(27)11-14)34-20-5-3-13(9-16(20)24(17)6-7-33-23(28)30-24)29-22(31)15-4-2-12(25)8-18(15)26/h2-5,8-11H,6-7H2,1H3,(H2,28,30)(H,29,31)/t24-/m0/s1. The molecule has 174 valence electrons. The van der Waals surface area contributed by atoms with E-state index >= 15 is 0 Å². The molecule has 1 atom stereocenters. The van der Waals surface area contributed by atoms with E-state index in [4.69, 9.17) is 31.5 Å². The van der Waals surface area contributed by atoms with E-state index in [0.717, 1.165) is 6.07 Å². The first-order valence-corrected chi connectivity index (χ1v) is 10.6. The zero-order chi connectivity index (χ0) is 24.0. The zero-order valence-electron chi connectivity index (χ0n) is 17.8. The predicted octanol–water partition coefficient (Wildman–Crippen LogP) is 4.96. The van der Waals surface area contributed by atoms with E-state index in [1.54, 1.807) is 24.3 Å². The van der Waals surface area contributed by atoms with Crippen molar-refractivity contribution in [2.45, 2.75) is 12.0 Å². The van der Waals surface area contributed by atoms with Gasteiger partial charge in [0.05, 0.1) is 19.3 Å². The Kier molecular flexibility index (Phi) is 5.28. The van der Waals surface area contributed by atoms with Crippen LogP contribution in [0.1, 0.15) is 27.9 Å². The summed E-state index contributed by atoms with van der Waals surface area (Å²) in [6.45, 7) is 0.222. The van der Waals surface area contributed by atoms with Crippen molar-refractivity contribution in [1.82, 2.24) is 0 Å². The van der Waals surface area contributed by atoms with Crippen LogP contribution in [0.15, 0.2) is 53.5 Å². The molecule has 34 heavy (non-hydrogen) atoms. The predicted molar refractivity (Wildman–Crippen MR) is 122 cm³/mol. The number of nitrogens with zero attached hydrogens (tertiary/aromatic N) is 1. The first-order valence-electron chi connectivity index (χ1n) is 10.3. The van der Waals surface area contributed by atoms with Gasteiger partial charge in [-0.25, -0.2) is 13.8 Å². The van der Waals surface area contributed by atoms with Gasteiger partial charge in [-0.15, -0.1) is 0 Å². The van der Waals surface area contributed by atoms with Crippen LogP contribution in [0.3, 0.4) is 0 Å². The van der Waals surface area contributed by atoms with Gasteiger partial charge in [0.1, 0.15) is 22.9 Å². The van der Waals surface area contributed by atoms with Crippen LogP contribution in [0.25, 0.3) is 0 Å². The van der Waals surface area contributed by atoms with Crippen LogP contribution >= 0.6 is 11.6 Å². The lowest BCUT2D eigenvalue weighted by Gasteiger charge is -2.39. The lowest BCUT2D eigenvalue weighted by Crippen LogP contribution is -2.38. The molecule has 7 nitrogen and oxygen atoms in total. The molecule has 1 spiro atoms. The zero-order valence-corrected chi connectivity index (χ0v) is 18.6. The first kappa shape index (κ1) is 22.0. The number of fused-ring (bicyclic) bond motifs is 4. The summed E-state index contributed by atoms with van der Waals surface area (Å²) in [7, 11) is 1.43. The monoisotopic (exact) mass is 485 g/mol. The smallest absolute Gasteiger partial charge is 0.283 e. The summed E-state index contributed by atoms with van der Waals surface area (Å²) in [6.07, 6.45) is 0.326. The van der Waals surface area contributed by atoms with Crippen molar-refractivity contribution in [2.75, 3.05) is 19.0 Å². The molecule has 0 unspecified atom stereocenters. The Balaban J connectivity index is 1.61. The Labute approximate surface area is 198 Å². The van der Waals surface area contributed by atoms with Gasteiger partial charge in [-0.2, -0.15) is 0 Å². The summed E-state index contributed by atoms with van der Waals surface area (Å²) in [5.74, 6) is -1.40. The van der Waals surface area contributed by atoms with Crippen LogP contribution in [-0.4, -0.2) is 25.6 Å². The molecular weight excluding hydrogens is 468 g/mol. The van der Waals surface area contributed by atoms with E-state index in [1.807, 2.05) is 0 Å². The number of benzene rings is 3. The number of carbonyl (C=O) groups is 1. The van der Waals surface area contributed by atoms with Crippen LogP contribution in [0.2, 0.25) is 5.02 Å². The van der Waals surface area contributed by atoms with Crippen molar-refractivity contribution in [3.05, 3.63) is 81.9 Å². The second-order valence-electron chi connectivity index (χ2n) is 7.79. The summed E-state index contributed by atoms with van der Waals surface area (Å²) >= 11 is 5.78. The van der Waals surface area contributed by atoms with Gasteiger partial charge >= 0.3 is 0 Å². The van der Waals surface area contributed by atoms with Gasteiger partial charge in [-0.05, 0) is 42.5 Å². The molecule has 0 radical (unpaired) electrons. The number of halogens is 3. The van der Waals surface area contributed by atoms with Crippen molar-refractivity contribution in [2.24, 2.45) is 10.7 Å². The fourth-order valence-corrected chi connectivity index (χ4v) is 4.37. The third kappa shape index (κ3) is 3.58. The second-order valence-corrected chi connectivity index (χ2v) is 8.22. The molecule has 0 saturated heterocycles. The molecule has 5 rings (SSSR count). The lowest BCUT2D eigenvalue weighted by molar-refractivity contribution is 0.102. The number of nitrogens with two attached hydrogens (primary N) is 1. The Morgan fingerprint density at radius 1 is 1.15 bits per heavy atom. The highest BCUT2D eigenvalue weighted by Crippen LogP contribution is 2.54. The average molecular weight is 486 g/mol. The van der Waals surface area contributed by atoms with Gasteiger partial charge in [0, 0.05) is 34.3 Å². The summed E-state index contributed by atoms with van der Waals surface area (Å²) in [4.78, 5) is 17.3. The van der Waals surface area contributed by atoms with Crippen LogP contribution in [0, 0.1) is 11.6 Å². The minimum Gasteiger partial charge on any atom is -0.497 e. The third-order valence-electron chi connectivity index (χ3n) is 5.78. The van der Waals surface area contributed by atoms with Crippen LogP contribution in [0.5, 0.6) is 17.2 Å². The number of anilines is 1. The summed E-state index contributed by atoms with van der Waals surface area (Å²) < 4.78 is 45.6. The van der Waals surface area contributed by atoms with Crippen molar-refractivity contribution < 1.29 is 27.8 Å². The molecular formula is C24H18ClF2N3O4. The van der Waals surface area contributed by atoms with Gasteiger partial charge in [0.2, 0.25) is 0 Å². The number of nitrogens with one attached hydrogen (secondary N) is 1. The quantitative estimate of drug-likeness (QED) is 0.546. The third-order valence-corrected chi connectivity index (χ3v) is 6.02. The maximum absolute atomic E-state index is 14.9. The molecule has 0 fully saturated rings. The second kappa shape index (κ2) is 8.18. The minimum absolute atomic E-state index is 0.00627. The van der Waals surface area contributed by atoms with E-state index in [9.17, 15) is 13.6 Å². The average Bonchev–Trinajstić information content (AvgIpc) is 2.80. The van der Waals surface area contributed by atoms with Crippen LogP contribution in [0.4, 0.5) is 14.5 Å². The summed E-state index contributed by atoms with van der Waals surface area (Å²) in [5, 5.41) is 2.85. The highest BCUT2D eigenvalue weighted by Gasteiger charge is 2.46. The van der Waals surface area contributed by atoms with E-state index < -0.39 is 23.1 Å². The maximum atomic E-state index is 14.9. The normalized spacial score (nSPS) is 18.2. The summed E-state index contributed by atoms with van der Waals surface area (Å²) in [6, 6.07) is 11.4. The van der Waals surface area contributed by atoms with E-state index in [0.29, 0.717) is 29.0 Å². The van der Waals surface area contributed by atoms with E-state index in [1.165, 1.54) is 25.3 Å².